The van der Waals surface area contributed by atoms with Gasteiger partial charge in [0.2, 0.25) is 0 Å². The summed E-state index contributed by atoms with van der Waals surface area (Å²) in [5.41, 5.74) is -0.187. The molecule has 1 aliphatic carbocycles. The summed E-state index contributed by atoms with van der Waals surface area (Å²) in [7, 11) is 0. The fourth-order valence-electron chi connectivity index (χ4n) is 2.63. The van der Waals surface area contributed by atoms with Gasteiger partial charge in [-0.05, 0) is 43.7 Å². The first-order valence-electron chi connectivity index (χ1n) is 6.83. The zero-order chi connectivity index (χ0) is 13.7. The van der Waals surface area contributed by atoms with Crippen LogP contribution in [0.1, 0.15) is 49.4 Å². The van der Waals surface area contributed by atoms with Crippen LogP contribution in [-0.2, 0) is 0 Å². The molecular weight excluding hydrogens is 238 g/mol. The minimum absolute atomic E-state index is 0.204. The number of nitrogens with zero attached hydrogens (tertiary/aromatic N) is 2. The Kier molecular flexibility index (Phi) is 4.16. The molecule has 0 unspecified atom stereocenters. The van der Waals surface area contributed by atoms with Gasteiger partial charge in [0.15, 0.2) is 0 Å². The predicted molar refractivity (Wildman–Crippen MR) is 72.3 cm³/mol. The van der Waals surface area contributed by atoms with Gasteiger partial charge in [-0.15, -0.1) is 0 Å². The highest BCUT2D eigenvalue weighted by Crippen LogP contribution is 2.33. The normalized spacial score (nSPS) is 26.4. The van der Waals surface area contributed by atoms with Crippen LogP contribution in [0.5, 0.6) is 0 Å². The lowest BCUT2D eigenvalue weighted by Crippen LogP contribution is -2.49. The maximum atomic E-state index is 12.1. The summed E-state index contributed by atoms with van der Waals surface area (Å²) in [6, 6.07) is 5.75. The third kappa shape index (κ3) is 3.11. The molecule has 4 nitrogen and oxygen atoms in total. The number of pyridine rings is 1. The second-order valence-electron chi connectivity index (χ2n) is 5.24. The van der Waals surface area contributed by atoms with Crippen molar-refractivity contribution in [2.75, 3.05) is 0 Å². The quantitative estimate of drug-likeness (QED) is 0.905. The molecule has 2 rings (SSSR count). The van der Waals surface area contributed by atoms with Crippen molar-refractivity contribution in [2.24, 2.45) is 5.92 Å². The monoisotopic (exact) mass is 257 g/mol. The van der Waals surface area contributed by atoms with Crippen molar-refractivity contribution in [3.63, 3.8) is 0 Å². The number of nitrogens with one attached hydrogen (secondary N) is 1. The van der Waals surface area contributed by atoms with E-state index in [1.54, 1.807) is 18.3 Å². The summed E-state index contributed by atoms with van der Waals surface area (Å²) in [4.78, 5) is 16.1. The molecule has 0 saturated heterocycles. The molecule has 19 heavy (non-hydrogen) atoms. The lowest BCUT2D eigenvalue weighted by molar-refractivity contribution is 0.0891. The fourth-order valence-corrected chi connectivity index (χ4v) is 2.63. The van der Waals surface area contributed by atoms with Crippen LogP contribution in [0.4, 0.5) is 0 Å². The molecule has 1 heterocycles. The molecule has 1 amide bonds. The van der Waals surface area contributed by atoms with Gasteiger partial charge < -0.3 is 5.32 Å². The Bertz CT molecular complexity index is 470. The molecule has 0 aromatic carbocycles. The SMILES string of the molecule is CCC1CCC(C#N)(NC(=O)c2cccnc2)CC1. The van der Waals surface area contributed by atoms with Gasteiger partial charge in [0.05, 0.1) is 11.6 Å². The van der Waals surface area contributed by atoms with E-state index in [2.05, 4.69) is 23.3 Å². The van der Waals surface area contributed by atoms with Crippen molar-refractivity contribution in [1.82, 2.24) is 10.3 Å². The number of aromatic nitrogens is 1. The largest absolute Gasteiger partial charge is 0.334 e. The molecule has 4 heteroatoms. The Hall–Kier alpha value is -1.89. The van der Waals surface area contributed by atoms with Gasteiger partial charge in [-0.1, -0.05) is 13.3 Å². The van der Waals surface area contributed by atoms with Gasteiger partial charge in [-0.3, -0.25) is 9.78 Å². The number of carbonyl (C=O) groups is 1. The third-order valence-electron chi connectivity index (χ3n) is 4.03. The lowest BCUT2D eigenvalue weighted by atomic mass is 9.76. The Morgan fingerprint density at radius 1 is 1.58 bits per heavy atom. The van der Waals surface area contributed by atoms with Crippen LogP contribution in [0.3, 0.4) is 0 Å². The highest BCUT2D eigenvalue weighted by atomic mass is 16.1. The van der Waals surface area contributed by atoms with E-state index < -0.39 is 5.54 Å². The van der Waals surface area contributed by atoms with Crippen LogP contribution in [0.2, 0.25) is 0 Å². The van der Waals surface area contributed by atoms with Gasteiger partial charge in [0.1, 0.15) is 5.54 Å². The molecule has 100 valence electrons. The Balaban J connectivity index is 2.04. The van der Waals surface area contributed by atoms with E-state index in [1.807, 2.05) is 0 Å². The minimum atomic E-state index is -0.696. The summed E-state index contributed by atoms with van der Waals surface area (Å²) >= 11 is 0. The molecule has 1 fully saturated rings. The van der Waals surface area contributed by atoms with Crippen molar-refractivity contribution < 1.29 is 4.79 Å². The number of hydrogen-bond donors (Lipinski definition) is 1. The van der Waals surface area contributed by atoms with Gasteiger partial charge in [0.25, 0.3) is 5.91 Å². The van der Waals surface area contributed by atoms with Crippen LogP contribution in [0.15, 0.2) is 24.5 Å². The Morgan fingerprint density at radius 2 is 2.32 bits per heavy atom. The first-order chi connectivity index (χ1) is 9.19. The van der Waals surface area contributed by atoms with Crippen LogP contribution in [0, 0.1) is 17.2 Å². The summed E-state index contributed by atoms with van der Waals surface area (Å²) in [6.07, 6.45) is 7.82. The predicted octanol–water partition coefficient (Wildman–Crippen LogP) is 2.67. The van der Waals surface area contributed by atoms with E-state index in [1.165, 1.54) is 6.20 Å². The topological polar surface area (TPSA) is 65.8 Å². The first-order valence-corrected chi connectivity index (χ1v) is 6.83. The van der Waals surface area contributed by atoms with Gasteiger partial charge in [-0.2, -0.15) is 5.26 Å². The van der Waals surface area contributed by atoms with Crippen LogP contribution >= 0.6 is 0 Å². The Morgan fingerprint density at radius 3 is 2.84 bits per heavy atom. The highest BCUT2D eigenvalue weighted by Gasteiger charge is 2.36. The number of amides is 1. The average Bonchev–Trinajstić information content (AvgIpc) is 2.49. The molecular formula is C15H19N3O. The van der Waals surface area contributed by atoms with E-state index in [0.717, 1.165) is 32.1 Å². The van der Waals surface area contributed by atoms with Crippen LogP contribution in [0.25, 0.3) is 0 Å². The van der Waals surface area contributed by atoms with Crippen molar-refractivity contribution in [2.45, 2.75) is 44.6 Å². The third-order valence-corrected chi connectivity index (χ3v) is 4.03. The second kappa shape index (κ2) is 5.83. The molecule has 0 spiro atoms. The van der Waals surface area contributed by atoms with Gasteiger partial charge in [-0.25, -0.2) is 0 Å². The van der Waals surface area contributed by atoms with Gasteiger partial charge >= 0.3 is 0 Å². The number of hydrogen-bond acceptors (Lipinski definition) is 3. The smallest absolute Gasteiger partial charge is 0.254 e. The first kappa shape index (κ1) is 13.5. The van der Waals surface area contributed by atoms with Crippen LogP contribution in [-0.4, -0.2) is 16.4 Å². The lowest BCUT2D eigenvalue weighted by Gasteiger charge is -2.35. The molecule has 1 saturated carbocycles. The summed E-state index contributed by atoms with van der Waals surface area (Å²) in [6.45, 7) is 2.18. The average molecular weight is 257 g/mol. The second-order valence-corrected chi connectivity index (χ2v) is 5.24. The molecule has 0 bridgehead atoms. The number of nitriles is 1. The van der Waals surface area contributed by atoms with Gasteiger partial charge in [0, 0.05) is 12.4 Å². The fraction of sp³-hybridized carbons (Fsp3) is 0.533. The maximum absolute atomic E-state index is 12.1. The van der Waals surface area contributed by atoms with E-state index in [9.17, 15) is 10.1 Å². The molecule has 1 aromatic heterocycles. The van der Waals surface area contributed by atoms with Crippen LogP contribution < -0.4 is 5.32 Å². The maximum Gasteiger partial charge on any atom is 0.254 e. The highest BCUT2D eigenvalue weighted by molar-refractivity contribution is 5.94. The van der Waals surface area contributed by atoms with Crippen molar-refractivity contribution in [3.8, 4) is 6.07 Å². The number of rotatable bonds is 3. The summed E-state index contributed by atoms with van der Waals surface area (Å²) < 4.78 is 0. The summed E-state index contributed by atoms with van der Waals surface area (Å²) in [5.74, 6) is 0.487. The molecule has 0 aliphatic heterocycles. The standard InChI is InChI=1S/C15H19N3O/c1-2-12-5-7-15(11-16,8-6-12)18-14(19)13-4-3-9-17-10-13/h3-4,9-10,12H,2,5-8H2,1H3,(H,18,19). The van der Waals surface area contributed by atoms with E-state index >= 15 is 0 Å². The zero-order valence-electron chi connectivity index (χ0n) is 11.2. The number of carbonyl (C=O) groups excluding carboxylic acids is 1. The van der Waals surface area contributed by atoms with Crippen molar-refractivity contribution in [1.29, 1.82) is 5.26 Å². The van der Waals surface area contributed by atoms with Crippen molar-refractivity contribution in [3.05, 3.63) is 30.1 Å². The molecule has 0 radical (unpaired) electrons. The van der Waals surface area contributed by atoms with E-state index in [0.29, 0.717) is 11.5 Å². The molecule has 1 aliphatic rings. The Labute approximate surface area is 113 Å². The molecule has 0 atom stereocenters. The molecule has 1 N–H and O–H groups in total. The van der Waals surface area contributed by atoms with E-state index in [4.69, 9.17) is 0 Å². The zero-order valence-corrected chi connectivity index (χ0v) is 11.2. The van der Waals surface area contributed by atoms with E-state index in [-0.39, 0.29) is 5.91 Å². The summed E-state index contributed by atoms with van der Waals surface area (Å²) in [5, 5.41) is 12.3. The minimum Gasteiger partial charge on any atom is -0.334 e. The molecule has 1 aromatic rings. The van der Waals surface area contributed by atoms with Crippen molar-refractivity contribution >= 4 is 5.91 Å².